The van der Waals surface area contributed by atoms with Crippen LogP contribution in [0.5, 0.6) is 0 Å². The van der Waals surface area contributed by atoms with E-state index in [4.69, 9.17) is 11.6 Å². The fourth-order valence-electron chi connectivity index (χ4n) is 3.22. The van der Waals surface area contributed by atoms with E-state index in [1.807, 2.05) is 84.9 Å². The summed E-state index contributed by atoms with van der Waals surface area (Å²) in [5.41, 5.74) is 1.76. The van der Waals surface area contributed by atoms with Crippen molar-refractivity contribution in [3.8, 4) is 0 Å². The highest BCUT2D eigenvalue weighted by atomic mass is 35.5. The van der Waals surface area contributed by atoms with E-state index in [0.29, 0.717) is 5.02 Å². The average molecular weight is 321 g/mol. The summed E-state index contributed by atoms with van der Waals surface area (Å²) < 4.78 is 0. The molecule has 0 atom stereocenters. The molecule has 3 aromatic rings. The summed E-state index contributed by atoms with van der Waals surface area (Å²) in [5.74, 6) is 0.0444. The van der Waals surface area contributed by atoms with Crippen LogP contribution in [0.2, 0.25) is 5.02 Å². The molecule has 0 saturated carbocycles. The van der Waals surface area contributed by atoms with Crippen molar-refractivity contribution in [1.82, 2.24) is 0 Å². The molecule has 0 heterocycles. The van der Waals surface area contributed by atoms with Crippen molar-refractivity contribution in [3.05, 3.63) is 107 Å². The van der Waals surface area contributed by atoms with Crippen LogP contribution in [0.1, 0.15) is 23.6 Å². The second kappa shape index (κ2) is 6.39. The van der Waals surface area contributed by atoms with Gasteiger partial charge < -0.3 is 0 Å². The SMILES string of the molecule is CC(=O)C(c1ccccc1)(c1ccccc1)c1ccccc1Cl. The van der Waals surface area contributed by atoms with Crippen molar-refractivity contribution < 1.29 is 4.79 Å². The predicted octanol–water partition coefficient (Wildman–Crippen LogP) is 5.26. The van der Waals surface area contributed by atoms with Crippen LogP contribution in [0.25, 0.3) is 0 Å². The first-order valence-electron chi connectivity index (χ1n) is 7.54. The first kappa shape index (κ1) is 15.5. The van der Waals surface area contributed by atoms with Crippen molar-refractivity contribution >= 4 is 17.4 Å². The monoisotopic (exact) mass is 320 g/mol. The molecule has 0 aliphatic carbocycles. The molecule has 3 aromatic carbocycles. The number of carbonyl (C=O) groups is 1. The Morgan fingerprint density at radius 2 is 1.17 bits per heavy atom. The topological polar surface area (TPSA) is 17.1 Å². The number of benzene rings is 3. The first-order valence-corrected chi connectivity index (χ1v) is 7.92. The lowest BCUT2D eigenvalue weighted by atomic mass is 9.67. The second-order valence-corrected chi connectivity index (χ2v) is 5.93. The van der Waals surface area contributed by atoms with E-state index in [9.17, 15) is 4.79 Å². The summed E-state index contributed by atoms with van der Waals surface area (Å²) in [6, 6.07) is 27.2. The van der Waals surface area contributed by atoms with Gasteiger partial charge in [-0.2, -0.15) is 0 Å². The third-order valence-electron chi connectivity index (χ3n) is 4.22. The fraction of sp³-hybridized carbons (Fsp3) is 0.0952. The maximum Gasteiger partial charge on any atom is 0.149 e. The lowest BCUT2D eigenvalue weighted by Crippen LogP contribution is -2.37. The van der Waals surface area contributed by atoms with Crippen molar-refractivity contribution in [2.24, 2.45) is 0 Å². The Morgan fingerprint density at radius 3 is 1.61 bits per heavy atom. The maximum absolute atomic E-state index is 13.0. The molecule has 114 valence electrons. The molecule has 3 rings (SSSR count). The van der Waals surface area contributed by atoms with Gasteiger partial charge in [-0.1, -0.05) is 90.5 Å². The molecule has 0 radical (unpaired) electrons. The van der Waals surface area contributed by atoms with Gasteiger partial charge >= 0.3 is 0 Å². The zero-order valence-corrected chi connectivity index (χ0v) is 13.6. The highest BCUT2D eigenvalue weighted by molar-refractivity contribution is 6.32. The molecule has 1 nitrogen and oxygen atoms in total. The second-order valence-electron chi connectivity index (χ2n) is 5.52. The van der Waals surface area contributed by atoms with E-state index >= 15 is 0 Å². The van der Waals surface area contributed by atoms with Crippen LogP contribution >= 0.6 is 11.6 Å². The molecule has 0 amide bonds. The van der Waals surface area contributed by atoms with Gasteiger partial charge in [-0.15, -0.1) is 0 Å². The number of hydrogen-bond donors (Lipinski definition) is 0. The molecule has 0 N–H and O–H groups in total. The molecule has 0 saturated heterocycles. The highest BCUT2D eigenvalue weighted by Crippen LogP contribution is 2.42. The number of halogens is 1. The van der Waals surface area contributed by atoms with Gasteiger partial charge in [0.1, 0.15) is 11.2 Å². The Balaban J connectivity index is 2.42. The van der Waals surface area contributed by atoms with Gasteiger partial charge in [0.25, 0.3) is 0 Å². The minimum atomic E-state index is -0.902. The largest absolute Gasteiger partial charge is 0.298 e. The van der Waals surface area contributed by atoms with Gasteiger partial charge in [-0.05, 0) is 29.7 Å². The van der Waals surface area contributed by atoms with Crippen LogP contribution in [0.3, 0.4) is 0 Å². The summed E-state index contributed by atoms with van der Waals surface area (Å²) in [5, 5.41) is 0.593. The molecule has 0 spiro atoms. The summed E-state index contributed by atoms with van der Waals surface area (Å²) in [6.45, 7) is 1.63. The number of carbonyl (C=O) groups excluding carboxylic acids is 1. The molecular formula is C21H17ClO. The van der Waals surface area contributed by atoms with E-state index in [0.717, 1.165) is 16.7 Å². The summed E-state index contributed by atoms with van der Waals surface area (Å²) >= 11 is 6.50. The highest BCUT2D eigenvalue weighted by Gasteiger charge is 2.42. The molecule has 0 fully saturated rings. The van der Waals surface area contributed by atoms with E-state index in [1.165, 1.54) is 0 Å². The number of rotatable bonds is 4. The first-order chi connectivity index (χ1) is 11.2. The smallest absolute Gasteiger partial charge is 0.149 e. The average Bonchev–Trinajstić information content (AvgIpc) is 2.59. The molecule has 0 unspecified atom stereocenters. The van der Waals surface area contributed by atoms with Crippen molar-refractivity contribution in [3.63, 3.8) is 0 Å². The lowest BCUT2D eigenvalue weighted by Gasteiger charge is -2.34. The zero-order valence-electron chi connectivity index (χ0n) is 12.9. The van der Waals surface area contributed by atoms with Gasteiger partial charge in [0.2, 0.25) is 0 Å². The van der Waals surface area contributed by atoms with Crippen molar-refractivity contribution in [1.29, 1.82) is 0 Å². The molecule has 0 aliphatic heterocycles. The number of ketones is 1. The Morgan fingerprint density at radius 1 is 0.739 bits per heavy atom. The van der Waals surface area contributed by atoms with E-state index in [2.05, 4.69) is 0 Å². The van der Waals surface area contributed by atoms with Crippen LogP contribution in [-0.4, -0.2) is 5.78 Å². The normalized spacial score (nSPS) is 11.2. The van der Waals surface area contributed by atoms with Gasteiger partial charge in [0.05, 0.1) is 0 Å². The molecule has 0 aliphatic rings. The number of hydrogen-bond acceptors (Lipinski definition) is 1. The van der Waals surface area contributed by atoms with Gasteiger partial charge in [-0.25, -0.2) is 0 Å². The quantitative estimate of drug-likeness (QED) is 0.599. The fourth-order valence-corrected chi connectivity index (χ4v) is 3.49. The Labute approximate surface area is 141 Å². The standard InChI is InChI=1S/C21H17ClO/c1-16(23)21(17-10-4-2-5-11-17,18-12-6-3-7-13-18)19-14-8-9-15-20(19)22/h2-15H,1H3. The molecular weight excluding hydrogens is 304 g/mol. The van der Waals surface area contributed by atoms with E-state index in [1.54, 1.807) is 6.92 Å². The summed E-state index contributed by atoms with van der Waals surface area (Å²) in [6.07, 6.45) is 0. The van der Waals surface area contributed by atoms with Gasteiger partial charge in [0.15, 0.2) is 0 Å². The predicted molar refractivity (Wildman–Crippen MR) is 94.9 cm³/mol. The Kier molecular flexibility index (Phi) is 4.31. The van der Waals surface area contributed by atoms with E-state index < -0.39 is 5.41 Å². The van der Waals surface area contributed by atoms with Crippen molar-refractivity contribution in [2.45, 2.75) is 12.3 Å². The van der Waals surface area contributed by atoms with Crippen LogP contribution in [0.15, 0.2) is 84.9 Å². The zero-order chi connectivity index (χ0) is 16.3. The van der Waals surface area contributed by atoms with E-state index in [-0.39, 0.29) is 5.78 Å². The summed E-state index contributed by atoms with van der Waals surface area (Å²) in [7, 11) is 0. The van der Waals surface area contributed by atoms with Crippen LogP contribution in [0.4, 0.5) is 0 Å². The van der Waals surface area contributed by atoms with Gasteiger partial charge in [0, 0.05) is 5.02 Å². The van der Waals surface area contributed by atoms with Crippen molar-refractivity contribution in [2.75, 3.05) is 0 Å². The minimum absolute atomic E-state index is 0.0444. The lowest BCUT2D eigenvalue weighted by molar-refractivity contribution is -0.119. The maximum atomic E-state index is 13.0. The minimum Gasteiger partial charge on any atom is -0.298 e. The molecule has 23 heavy (non-hydrogen) atoms. The van der Waals surface area contributed by atoms with Crippen LogP contribution < -0.4 is 0 Å². The van der Waals surface area contributed by atoms with Gasteiger partial charge in [-0.3, -0.25) is 4.79 Å². The van der Waals surface area contributed by atoms with Crippen LogP contribution in [-0.2, 0) is 10.2 Å². The third kappa shape index (κ3) is 2.58. The van der Waals surface area contributed by atoms with Crippen LogP contribution in [0, 0.1) is 0 Å². The molecule has 0 bridgehead atoms. The Bertz CT molecular complexity index is 770. The third-order valence-corrected chi connectivity index (χ3v) is 4.55. The summed E-state index contributed by atoms with van der Waals surface area (Å²) in [4.78, 5) is 13.0. The molecule has 2 heteroatoms. The Hall–Kier alpha value is -2.38. The number of Topliss-reactive ketones (excluding diaryl/α,β-unsaturated/α-hetero) is 1. The molecule has 0 aromatic heterocycles.